The molecule has 1 aromatic heterocycles. The third-order valence-electron chi connectivity index (χ3n) is 1.86. The lowest BCUT2D eigenvalue weighted by atomic mass is 10.1. The highest BCUT2D eigenvalue weighted by molar-refractivity contribution is 8.13. The molecule has 0 spiro atoms. The summed E-state index contributed by atoms with van der Waals surface area (Å²) in [4.78, 5) is 22.7. The number of carboxylic acid groups (broad SMARTS) is 1. The Labute approximate surface area is 96.5 Å². The summed E-state index contributed by atoms with van der Waals surface area (Å²) in [6, 6.07) is 3.82. The number of carbonyl (C=O) groups is 2. The number of thioether (sulfide) groups is 1. The standard InChI is InChI=1S/C10H12O3S2/c1-7(11)15-6-8(10(12)13)5-9-3-2-4-14-9/h2-4,8H,5-6H2,1H3,(H,12,13). The summed E-state index contributed by atoms with van der Waals surface area (Å²) in [5, 5.41) is 10.9. The van der Waals surface area contributed by atoms with Gasteiger partial charge in [0.05, 0.1) is 5.92 Å². The summed E-state index contributed by atoms with van der Waals surface area (Å²) >= 11 is 2.62. The first-order valence-electron chi connectivity index (χ1n) is 4.48. The van der Waals surface area contributed by atoms with Crippen molar-refractivity contribution in [1.29, 1.82) is 0 Å². The molecule has 1 unspecified atom stereocenters. The molecule has 1 heterocycles. The van der Waals surface area contributed by atoms with Gasteiger partial charge in [0.25, 0.3) is 0 Å². The lowest BCUT2D eigenvalue weighted by Crippen LogP contribution is -2.19. The van der Waals surface area contributed by atoms with Crippen molar-refractivity contribution in [3.8, 4) is 0 Å². The normalized spacial score (nSPS) is 12.3. The molecule has 3 nitrogen and oxygen atoms in total. The molecule has 0 radical (unpaired) electrons. The molecule has 0 aliphatic heterocycles. The Morgan fingerprint density at radius 3 is 2.80 bits per heavy atom. The van der Waals surface area contributed by atoms with Gasteiger partial charge in [-0.25, -0.2) is 0 Å². The molecule has 15 heavy (non-hydrogen) atoms. The van der Waals surface area contributed by atoms with Crippen molar-refractivity contribution < 1.29 is 14.7 Å². The summed E-state index contributed by atoms with van der Waals surface area (Å²) < 4.78 is 0. The highest BCUT2D eigenvalue weighted by atomic mass is 32.2. The van der Waals surface area contributed by atoms with Crippen molar-refractivity contribution in [1.82, 2.24) is 0 Å². The minimum atomic E-state index is -0.836. The van der Waals surface area contributed by atoms with E-state index in [0.717, 1.165) is 16.6 Å². The van der Waals surface area contributed by atoms with Gasteiger partial charge in [-0.15, -0.1) is 11.3 Å². The third-order valence-corrected chi connectivity index (χ3v) is 3.74. The average Bonchev–Trinajstić information content (AvgIpc) is 2.63. The van der Waals surface area contributed by atoms with Crippen LogP contribution in [-0.4, -0.2) is 21.9 Å². The van der Waals surface area contributed by atoms with Gasteiger partial charge in [-0.3, -0.25) is 9.59 Å². The molecule has 0 aromatic carbocycles. The highest BCUT2D eigenvalue weighted by Crippen LogP contribution is 2.18. The predicted molar refractivity (Wildman–Crippen MR) is 62.3 cm³/mol. The Balaban J connectivity index is 2.51. The molecule has 0 fully saturated rings. The molecular weight excluding hydrogens is 232 g/mol. The van der Waals surface area contributed by atoms with Crippen LogP contribution in [0.5, 0.6) is 0 Å². The van der Waals surface area contributed by atoms with E-state index in [9.17, 15) is 9.59 Å². The van der Waals surface area contributed by atoms with E-state index in [0.29, 0.717) is 12.2 Å². The zero-order valence-corrected chi connectivity index (χ0v) is 9.94. The topological polar surface area (TPSA) is 54.4 Å². The van der Waals surface area contributed by atoms with E-state index in [1.54, 1.807) is 11.3 Å². The van der Waals surface area contributed by atoms with Crippen molar-refractivity contribution in [2.75, 3.05) is 5.75 Å². The predicted octanol–water partition coefficient (Wildman–Crippen LogP) is 2.27. The lowest BCUT2D eigenvalue weighted by Gasteiger charge is -2.09. The zero-order chi connectivity index (χ0) is 11.3. The number of carbonyl (C=O) groups excluding carboxylic acids is 1. The first-order valence-corrected chi connectivity index (χ1v) is 6.34. The van der Waals surface area contributed by atoms with Crippen LogP contribution in [0.4, 0.5) is 0 Å². The Bertz CT molecular complexity index is 332. The highest BCUT2D eigenvalue weighted by Gasteiger charge is 2.19. The van der Waals surface area contributed by atoms with Gasteiger partial charge in [-0.2, -0.15) is 0 Å². The second-order valence-electron chi connectivity index (χ2n) is 3.12. The van der Waals surface area contributed by atoms with Gasteiger partial charge in [0.15, 0.2) is 5.12 Å². The molecule has 5 heteroatoms. The maximum atomic E-state index is 10.9. The largest absolute Gasteiger partial charge is 0.481 e. The molecule has 0 aliphatic rings. The smallest absolute Gasteiger partial charge is 0.307 e. The van der Waals surface area contributed by atoms with E-state index in [4.69, 9.17) is 5.11 Å². The summed E-state index contributed by atoms with van der Waals surface area (Å²) in [6.07, 6.45) is 0.507. The molecular formula is C10H12O3S2. The van der Waals surface area contributed by atoms with Crippen molar-refractivity contribution in [3.05, 3.63) is 22.4 Å². The van der Waals surface area contributed by atoms with Crippen LogP contribution in [0.2, 0.25) is 0 Å². The SMILES string of the molecule is CC(=O)SCC(Cc1cccs1)C(=O)O. The number of aliphatic carboxylic acids is 1. The molecule has 0 amide bonds. The van der Waals surface area contributed by atoms with E-state index >= 15 is 0 Å². The van der Waals surface area contributed by atoms with Gasteiger partial charge in [0.1, 0.15) is 0 Å². The van der Waals surface area contributed by atoms with Crippen LogP contribution >= 0.6 is 23.1 Å². The molecule has 82 valence electrons. The van der Waals surface area contributed by atoms with Crippen LogP contribution in [0, 0.1) is 5.92 Å². The number of rotatable bonds is 5. The Kier molecular flexibility index (Phi) is 4.84. The maximum absolute atomic E-state index is 10.9. The van der Waals surface area contributed by atoms with Crippen LogP contribution in [0.3, 0.4) is 0 Å². The third kappa shape index (κ3) is 4.48. The summed E-state index contributed by atoms with van der Waals surface area (Å²) in [7, 11) is 0. The van der Waals surface area contributed by atoms with E-state index < -0.39 is 11.9 Å². The average molecular weight is 244 g/mol. The van der Waals surface area contributed by atoms with Gasteiger partial charge in [-0.05, 0) is 17.9 Å². The van der Waals surface area contributed by atoms with Crippen molar-refractivity contribution in [2.24, 2.45) is 5.92 Å². The fourth-order valence-corrected chi connectivity index (χ4v) is 2.59. The number of hydrogen-bond donors (Lipinski definition) is 1. The first kappa shape index (κ1) is 12.3. The number of thiophene rings is 1. The van der Waals surface area contributed by atoms with Crippen LogP contribution in [0.15, 0.2) is 17.5 Å². The van der Waals surface area contributed by atoms with Gasteiger partial charge in [0.2, 0.25) is 0 Å². The molecule has 0 saturated carbocycles. The van der Waals surface area contributed by atoms with E-state index in [1.807, 2.05) is 17.5 Å². The van der Waals surface area contributed by atoms with Crippen LogP contribution < -0.4 is 0 Å². The molecule has 1 N–H and O–H groups in total. The van der Waals surface area contributed by atoms with Crippen LogP contribution in [0.1, 0.15) is 11.8 Å². The van der Waals surface area contributed by atoms with Crippen LogP contribution in [-0.2, 0) is 16.0 Å². The molecule has 1 rings (SSSR count). The van der Waals surface area contributed by atoms with Gasteiger partial charge in [-0.1, -0.05) is 17.8 Å². The summed E-state index contributed by atoms with van der Waals surface area (Å²) in [6.45, 7) is 1.45. The van der Waals surface area contributed by atoms with E-state index in [-0.39, 0.29) is 5.12 Å². The second-order valence-corrected chi connectivity index (χ2v) is 5.35. The monoisotopic (exact) mass is 244 g/mol. The van der Waals surface area contributed by atoms with Gasteiger partial charge >= 0.3 is 5.97 Å². The van der Waals surface area contributed by atoms with Gasteiger partial charge in [0, 0.05) is 17.6 Å². The number of carboxylic acids is 1. The van der Waals surface area contributed by atoms with E-state index in [2.05, 4.69) is 0 Å². The van der Waals surface area contributed by atoms with Crippen LogP contribution in [0.25, 0.3) is 0 Å². The fourth-order valence-electron chi connectivity index (χ4n) is 1.11. The Hall–Kier alpha value is -0.810. The second kappa shape index (κ2) is 5.92. The first-order chi connectivity index (χ1) is 7.09. The molecule has 0 saturated heterocycles. The van der Waals surface area contributed by atoms with E-state index in [1.165, 1.54) is 6.92 Å². The molecule has 0 bridgehead atoms. The molecule has 1 aromatic rings. The summed E-state index contributed by atoms with van der Waals surface area (Å²) in [5.74, 6) is -0.961. The van der Waals surface area contributed by atoms with Gasteiger partial charge < -0.3 is 5.11 Å². The van der Waals surface area contributed by atoms with Crippen molar-refractivity contribution in [2.45, 2.75) is 13.3 Å². The van der Waals surface area contributed by atoms with Crippen molar-refractivity contribution >= 4 is 34.2 Å². The lowest BCUT2D eigenvalue weighted by molar-refractivity contribution is -0.140. The fraction of sp³-hybridized carbons (Fsp3) is 0.400. The maximum Gasteiger partial charge on any atom is 0.307 e. The minimum absolute atomic E-state index is 0.0348. The molecule has 0 aliphatic carbocycles. The minimum Gasteiger partial charge on any atom is -0.481 e. The molecule has 1 atom stereocenters. The number of hydrogen-bond acceptors (Lipinski definition) is 4. The Morgan fingerprint density at radius 1 is 1.60 bits per heavy atom. The Morgan fingerprint density at radius 2 is 2.33 bits per heavy atom. The summed E-state index contributed by atoms with van der Waals surface area (Å²) in [5.41, 5.74) is 0. The van der Waals surface area contributed by atoms with Crippen molar-refractivity contribution in [3.63, 3.8) is 0 Å². The zero-order valence-electron chi connectivity index (χ0n) is 8.30. The quantitative estimate of drug-likeness (QED) is 0.863.